The highest BCUT2D eigenvalue weighted by Gasteiger charge is 2.42. The molecule has 2 saturated heterocycles. The molecule has 7 nitrogen and oxygen atoms in total. The lowest BCUT2D eigenvalue weighted by Gasteiger charge is -2.39. The fraction of sp³-hybridized carbons (Fsp3) is 0.824. The van der Waals surface area contributed by atoms with Crippen LogP contribution >= 0.6 is 0 Å². The average molecular weight is 340 g/mol. The summed E-state index contributed by atoms with van der Waals surface area (Å²) in [7, 11) is 0. The van der Waals surface area contributed by atoms with Crippen LogP contribution in [0, 0.1) is 11.8 Å². The number of amides is 2. The fourth-order valence-corrected chi connectivity index (χ4v) is 3.43. The number of piperidine rings is 2. The third-order valence-electron chi connectivity index (χ3n) is 5.42. The zero-order valence-corrected chi connectivity index (χ0v) is 14.5. The quantitative estimate of drug-likeness (QED) is 0.785. The highest BCUT2D eigenvalue weighted by Crippen LogP contribution is 2.26. The zero-order chi connectivity index (χ0) is 17.9. The minimum Gasteiger partial charge on any atom is -0.479 e. The maximum atomic E-state index is 12.7. The fourth-order valence-electron chi connectivity index (χ4n) is 3.43. The zero-order valence-electron chi connectivity index (χ0n) is 14.5. The molecule has 2 heterocycles. The van der Waals surface area contributed by atoms with Gasteiger partial charge in [0.25, 0.3) is 0 Å². The first-order valence-corrected chi connectivity index (χ1v) is 8.82. The van der Waals surface area contributed by atoms with Crippen molar-refractivity contribution in [1.82, 2.24) is 9.80 Å². The van der Waals surface area contributed by atoms with E-state index >= 15 is 0 Å². The van der Waals surface area contributed by atoms with Crippen molar-refractivity contribution in [1.29, 1.82) is 0 Å². The number of carbonyl (C=O) groups excluding carboxylic acids is 2. The van der Waals surface area contributed by atoms with Gasteiger partial charge in [-0.1, -0.05) is 13.8 Å². The lowest BCUT2D eigenvalue weighted by atomic mass is 9.89. The summed E-state index contributed by atoms with van der Waals surface area (Å²) in [6.45, 7) is 5.53. The molecule has 7 heteroatoms. The summed E-state index contributed by atoms with van der Waals surface area (Å²) in [4.78, 5) is 39.5. The van der Waals surface area contributed by atoms with Crippen LogP contribution in [0.15, 0.2) is 0 Å². The van der Waals surface area contributed by atoms with Gasteiger partial charge in [-0.3, -0.25) is 9.59 Å². The van der Waals surface area contributed by atoms with Crippen LogP contribution in [0.25, 0.3) is 0 Å². The Bertz CT molecular complexity index is 499. The lowest BCUT2D eigenvalue weighted by Crippen LogP contribution is -2.54. The normalized spacial score (nSPS) is 25.2. The minimum absolute atomic E-state index is 0.0240. The number of carbonyl (C=O) groups is 3. The first-order chi connectivity index (χ1) is 11.3. The second kappa shape index (κ2) is 7.51. The highest BCUT2D eigenvalue weighted by atomic mass is 16.4. The Morgan fingerprint density at radius 1 is 1.17 bits per heavy atom. The van der Waals surface area contributed by atoms with E-state index in [9.17, 15) is 19.5 Å². The second-order valence-corrected chi connectivity index (χ2v) is 7.09. The molecule has 136 valence electrons. The molecule has 0 aromatic rings. The van der Waals surface area contributed by atoms with Crippen LogP contribution in [0.3, 0.4) is 0 Å². The van der Waals surface area contributed by atoms with Crippen LogP contribution in [0.4, 0.5) is 0 Å². The van der Waals surface area contributed by atoms with Gasteiger partial charge in [0, 0.05) is 44.9 Å². The molecule has 2 unspecified atom stereocenters. The molecule has 0 spiro atoms. The number of likely N-dealkylation sites (tertiary alicyclic amines) is 2. The SMILES string of the molecule is CCC(C)C(=O)N1CCCC(C(=O)N2CCC(O)(C(=O)O)CC2)C1. The smallest absolute Gasteiger partial charge is 0.335 e. The van der Waals surface area contributed by atoms with Crippen molar-refractivity contribution in [3.8, 4) is 0 Å². The first kappa shape index (κ1) is 18.7. The summed E-state index contributed by atoms with van der Waals surface area (Å²) in [5.41, 5.74) is -1.72. The number of nitrogens with zero attached hydrogens (tertiary/aromatic N) is 2. The predicted molar refractivity (Wildman–Crippen MR) is 87.2 cm³/mol. The molecule has 2 fully saturated rings. The van der Waals surface area contributed by atoms with Gasteiger partial charge < -0.3 is 20.0 Å². The topological polar surface area (TPSA) is 98.2 Å². The Labute approximate surface area is 142 Å². The third-order valence-corrected chi connectivity index (χ3v) is 5.42. The van der Waals surface area contributed by atoms with Gasteiger partial charge in [-0.2, -0.15) is 0 Å². The summed E-state index contributed by atoms with van der Waals surface area (Å²) in [5.74, 6) is -1.39. The molecular weight excluding hydrogens is 312 g/mol. The van der Waals surface area contributed by atoms with E-state index < -0.39 is 11.6 Å². The predicted octanol–water partition coefficient (Wildman–Crippen LogP) is 0.709. The van der Waals surface area contributed by atoms with Crippen molar-refractivity contribution in [3.05, 3.63) is 0 Å². The summed E-state index contributed by atoms with van der Waals surface area (Å²) in [6, 6.07) is 0. The summed E-state index contributed by atoms with van der Waals surface area (Å²) < 4.78 is 0. The molecule has 24 heavy (non-hydrogen) atoms. The number of rotatable bonds is 4. The van der Waals surface area contributed by atoms with Crippen LogP contribution < -0.4 is 0 Å². The standard InChI is InChI=1S/C17H28N2O5/c1-3-12(2)14(20)19-8-4-5-13(11-19)15(21)18-9-6-17(24,7-10-18)16(22)23/h12-13,24H,3-11H2,1-2H3,(H,22,23). The molecule has 2 rings (SSSR count). The summed E-state index contributed by atoms with van der Waals surface area (Å²) in [5, 5.41) is 19.0. The van der Waals surface area contributed by atoms with E-state index in [4.69, 9.17) is 5.11 Å². The molecular formula is C17H28N2O5. The van der Waals surface area contributed by atoms with Crippen molar-refractivity contribution in [2.45, 2.75) is 51.6 Å². The molecule has 0 aromatic heterocycles. The van der Waals surface area contributed by atoms with Crippen LogP contribution in [0.1, 0.15) is 46.0 Å². The van der Waals surface area contributed by atoms with Gasteiger partial charge in [0.2, 0.25) is 11.8 Å². The van der Waals surface area contributed by atoms with Crippen LogP contribution in [0.2, 0.25) is 0 Å². The van der Waals surface area contributed by atoms with Crippen LogP contribution in [-0.2, 0) is 14.4 Å². The van der Waals surface area contributed by atoms with Gasteiger partial charge in [0.15, 0.2) is 5.60 Å². The van der Waals surface area contributed by atoms with E-state index in [0.717, 1.165) is 19.3 Å². The molecule has 0 aromatic carbocycles. The van der Waals surface area contributed by atoms with Gasteiger partial charge >= 0.3 is 5.97 Å². The van der Waals surface area contributed by atoms with Crippen molar-refractivity contribution in [2.75, 3.05) is 26.2 Å². The minimum atomic E-state index is -1.72. The molecule has 2 aliphatic heterocycles. The molecule has 2 atom stereocenters. The molecule has 2 N–H and O–H groups in total. The van der Waals surface area contributed by atoms with E-state index in [1.165, 1.54) is 0 Å². The van der Waals surface area contributed by atoms with Crippen LogP contribution in [-0.4, -0.2) is 69.6 Å². The van der Waals surface area contributed by atoms with E-state index in [0.29, 0.717) is 13.1 Å². The van der Waals surface area contributed by atoms with E-state index in [1.807, 2.05) is 13.8 Å². The number of hydrogen-bond donors (Lipinski definition) is 2. The van der Waals surface area contributed by atoms with Gasteiger partial charge in [-0.05, 0) is 19.3 Å². The van der Waals surface area contributed by atoms with Gasteiger partial charge in [-0.25, -0.2) is 4.79 Å². The Balaban J connectivity index is 1.93. The molecule has 0 radical (unpaired) electrons. The molecule has 2 amide bonds. The summed E-state index contributed by atoms with van der Waals surface area (Å²) >= 11 is 0. The van der Waals surface area contributed by atoms with E-state index in [1.54, 1.807) is 9.80 Å². The highest BCUT2D eigenvalue weighted by molar-refractivity contribution is 5.83. The Morgan fingerprint density at radius 2 is 1.79 bits per heavy atom. The second-order valence-electron chi connectivity index (χ2n) is 7.09. The van der Waals surface area contributed by atoms with Crippen molar-refractivity contribution in [3.63, 3.8) is 0 Å². The Morgan fingerprint density at radius 3 is 2.33 bits per heavy atom. The molecule has 0 saturated carbocycles. The number of aliphatic carboxylic acids is 1. The molecule has 2 aliphatic rings. The number of hydrogen-bond acceptors (Lipinski definition) is 4. The number of aliphatic hydroxyl groups is 1. The largest absolute Gasteiger partial charge is 0.479 e. The molecule has 0 aliphatic carbocycles. The number of carboxylic acid groups (broad SMARTS) is 1. The van der Waals surface area contributed by atoms with Crippen molar-refractivity contribution < 1.29 is 24.6 Å². The van der Waals surface area contributed by atoms with E-state index in [-0.39, 0.29) is 49.6 Å². The van der Waals surface area contributed by atoms with Gasteiger partial charge in [-0.15, -0.1) is 0 Å². The van der Waals surface area contributed by atoms with Gasteiger partial charge in [0.05, 0.1) is 5.92 Å². The molecule has 0 bridgehead atoms. The lowest BCUT2D eigenvalue weighted by molar-refractivity contribution is -0.166. The van der Waals surface area contributed by atoms with Crippen molar-refractivity contribution in [2.24, 2.45) is 11.8 Å². The Kier molecular flexibility index (Phi) is 5.85. The maximum Gasteiger partial charge on any atom is 0.335 e. The van der Waals surface area contributed by atoms with Crippen molar-refractivity contribution >= 4 is 17.8 Å². The third kappa shape index (κ3) is 3.88. The number of carboxylic acids is 1. The Hall–Kier alpha value is -1.63. The first-order valence-electron chi connectivity index (χ1n) is 8.82. The monoisotopic (exact) mass is 340 g/mol. The maximum absolute atomic E-state index is 12.7. The van der Waals surface area contributed by atoms with Gasteiger partial charge in [0.1, 0.15) is 0 Å². The van der Waals surface area contributed by atoms with E-state index in [2.05, 4.69) is 0 Å². The average Bonchev–Trinajstić information content (AvgIpc) is 2.60. The summed E-state index contributed by atoms with van der Waals surface area (Å²) in [6.07, 6.45) is 2.45. The van der Waals surface area contributed by atoms with Crippen LogP contribution in [0.5, 0.6) is 0 Å².